The second-order valence-electron chi connectivity index (χ2n) is 4.46. The van der Waals surface area contributed by atoms with E-state index < -0.39 is 0 Å². The van der Waals surface area contributed by atoms with E-state index in [2.05, 4.69) is 5.32 Å². The van der Waals surface area contributed by atoms with Crippen molar-refractivity contribution in [1.82, 2.24) is 5.32 Å². The second-order valence-corrected chi connectivity index (χ2v) is 4.93. The summed E-state index contributed by atoms with van der Waals surface area (Å²) in [5, 5.41) is 2.83. The van der Waals surface area contributed by atoms with Gasteiger partial charge in [-0.2, -0.15) is 0 Å². The van der Waals surface area contributed by atoms with Gasteiger partial charge in [0, 0.05) is 18.9 Å². The summed E-state index contributed by atoms with van der Waals surface area (Å²) in [6.07, 6.45) is 1.16. The summed E-state index contributed by atoms with van der Waals surface area (Å²) in [6.45, 7) is 2.39. The molecule has 1 aromatic rings. The maximum atomic E-state index is 11.6. The van der Waals surface area contributed by atoms with Crippen molar-refractivity contribution in [1.29, 1.82) is 0 Å². The van der Waals surface area contributed by atoms with Crippen LogP contribution in [-0.2, 0) is 11.2 Å². The standard InChI is InChI=1S/C14H20N2O2S/c1-10(14(15)19)9-16-13(17)8-5-11-3-6-12(18-2)7-4-11/h3-4,6-7,10H,5,8-9H2,1-2H3,(H2,15,19)(H,16,17). The molecule has 0 saturated heterocycles. The number of thiocarbonyl (C=S) groups is 1. The van der Waals surface area contributed by atoms with Crippen LogP contribution in [0, 0.1) is 5.92 Å². The molecule has 0 aliphatic rings. The minimum atomic E-state index is 0.0129. The largest absolute Gasteiger partial charge is 0.497 e. The molecule has 0 aliphatic carbocycles. The average Bonchev–Trinajstić information content (AvgIpc) is 2.42. The topological polar surface area (TPSA) is 64.3 Å². The monoisotopic (exact) mass is 280 g/mol. The molecule has 0 radical (unpaired) electrons. The van der Waals surface area contributed by atoms with E-state index in [0.29, 0.717) is 24.4 Å². The van der Waals surface area contributed by atoms with E-state index >= 15 is 0 Å². The van der Waals surface area contributed by atoms with Crippen molar-refractivity contribution < 1.29 is 9.53 Å². The fourth-order valence-corrected chi connectivity index (χ4v) is 1.59. The molecule has 0 bridgehead atoms. The van der Waals surface area contributed by atoms with Crippen molar-refractivity contribution in [2.75, 3.05) is 13.7 Å². The molecule has 5 heteroatoms. The Balaban J connectivity index is 2.31. The lowest BCUT2D eigenvalue weighted by Crippen LogP contribution is -2.33. The summed E-state index contributed by atoms with van der Waals surface area (Å²) in [5.41, 5.74) is 6.59. The van der Waals surface area contributed by atoms with Gasteiger partial charge in [0.05, 0.1) is 12.1 Å². The van der Waals surface area contributed by atoms with Gasteiger partial charge in [0.1, 0.15) is 5.75 Å². The molecular formula is C14H20N2O2S. The van der Waals surface area contributed by atoms with Crippen molar-refractivity contribution in [3.8, 4) is 5.75 Å². The van der Waals surface area contributed by atoms with Gasteiger partial charge in [0.15, 0.2) is 0 Å². The van der Waals surface area contributed by atoms with E-state index in [-0.39, 0.29) is 11.8 Å². The Labute approximate surface area is 119 Å². The van der Waals surface area contributed by atoms with Crippen LogP contribution in [-0.4, -0.2) is 24.6 Å². The summed E-state index contributed by atoms with van der Waals surface area (Å²) in [7, 11) is 1.63. The Morgan fingerprint density at radius 1 is 1.42 bits per heavy atom. The number of aryl methyl sites for hydroxylation is 1. The van der Waals surface area contributed by atoms with Gasteiger partial charge in [-0.1, -0.05) is 31.3 Å². The first kappa shape index (κ1) is 15.4. The lowest BCUT2D eigenvalue weighted by atomic mass is 10.1. The first-order valence-corrected chi connectivity index (χ1v) is 6.62. The molecule has 1 unspecified atom stereocenters. The molecule has 0 heterocycles. The van der Waals surface area contributed by atoms with Gasteiger partial charge in [-0.25, -0.2) is 0 Å². The number of benzene rings is 1. The van der Waals surface area contributed by atoms with E-state index in [4.69, 9.17) is 22.7 Å². The molecule has 0 aliphatic heterocycles. The minimum absolute atomic E-state index is 0.0129. The normalized spacial score (nSPS) is 11.7. The van der Waals surface area contributed by atoms with Gasteiger partial charge < -0.3 is 15.8 Å². The number of rotatable bonds is 7. The molecule has 4 nitrogen and oxygen atoms in total. The average molecular weight is 280 g/mol. The molecule has 0 saturated carbocycles. The highest BCUT2D eigenvalue weighted by atomic mass is 32.1. The summed E-state index contributed by atoms with van der Waals surface area (Å²) in [4.78, 5) is 12.1. The van der Waals surface area contributed by atoms with Crippen LogP contribution in [0.15, 0.2) is 24.3 Å². The molecule has 1 atom stereocenters. The van der Waals surface area contributed by atoms with Crippen molar-refractivity contribution in [2.24, 2.45) is 11.7 Å². The predicted octanol–water partition coefficient (Wildman–Crippen LogP) is 1.67. The van der Waals surface area contributed by atoms with E-state index in [0.717, 1.165) is 11.3 Å². The van der Waals surface area contributed by atoms with Crippen molar-refractivity contribution >= 4 is 23.1 Å². The number of nitrogens with two attached hydrogens (primary N) is 1. The van der Waals surface area contributed by atoms with Gasteiger partial charge in [0.2, 0.25) is 5.91 Å². The maximum Gasteiger partial charge on any atom is 0.220 e. The summed E-state index contributed by atoms with van der Waals surface area (Å²) < 4.78 is 5.08. The Bertz CT molecular complexity index is 432. The zero-order valence-electron chi connectivity index (χ0n) is 11.3. The molecule has 3 N–H and O–H groups in total. The zero-order chi connectivity index (χ0) is 14.3. The number of hydrogen-bond acceptors (Lipinski definition) is 3. The third-order valence-corrected chi connectivity index (χ3v) is 3.29. The van der Waals surface area contributed by atoms with Crippen LogP contribution >= 0.6 is 12.2 Å². The summed E-state index contributed by atoms with van der Waals surface area (Å²) in [6, 6.07) is 7.71. The van der Waals surface area contributed by atoms with E-state index in [9.17, 15) is 4.79 Å². The first-order valence-electron chi connectivity index (χ1n) is 6.22. The van der Waals surface area contributed by atoms with E-state index in [1.807, 2.05) is 31.2 Å². The number of carbonyl (C=O) groups excluding carboxylic acids is 1. The third-order valence-electron chi connectivity index (χ3n) is 2.89. The molecule has 1 amide bonds. The number of carbonyl (C=O) groups is 1. The van der Waals surface area contributed by atoms with Gasteiger partial charge in [0.25, 0.3) is 0 Å². The second kappa shape index (κ2) is 7.74. The first-order chi connectivity index (χ1) is 9.02. The van der Waals surface area contributed by atoms with Crippen LogP contribution in [0.5, 0.6) is 5.75 Å². The van der Waals surface area contributed by atoms with Crippen LogP contribution < -0.4 is 15.8 Å². The Kier molecular flexibility index (Phi) is 6.29. The smallest absolute Gasteiger partial charge is 0.220 e. The van der Waals surface area contributed by atoms with Crippen molar-refractivity contribution in [2.45, 2.75) is 19.8 Å². The molecule has 104 valence electrons. The van der Waals surface area contributed by atoms with E-state index in [1.54, 1.807) is 7.11 Å². The molecular weight excluding hydrogens is 260 g/mol. The van der Waals surface area contributed by atoms with E-state index in [1.165, 1.54) is 0 Å². The Hall–Kier alpha value is -1.62. The van der Waals surface area contributed by atoms with Gasteiger partial charge >= 0.3 is 0 Å². The molecule has 0 spiro atoms. The van der Waals surface area contributed by atoms with Gasteiger partial charge in [-0.3, -0.25) is 4.79 Å². The van der Waals surface area contributed by atoms with Gasteiger partial charge in [-0.15, -0.1) is 0 Å². The van der Waals surface area contributed by atoms with Crippen LogP contribution in [0.25, 0.3) is 0 Å². The number of methoxy groups -OCH3 is 1. The predicted molar refractivity (Wildman–Crippen MR) is 80.3 cm³/mol. The number of nitrogens with one attached hydrogen (secondary N) is 1. The summed E-state index contributed by atoms with van der Waals surface area (Å²) >= 11 is 4.85. The molecule has 19 heavy (non-hydrogen) atoms. The number of amides is 1. The molecule has 0 aromatic heterocycles. The fourth-order valence-electron chi connectivity index (χ4n) is 1.51. The van der Waals surface area contributed by atoms with Crippen LogP contribution in [0.2, 0.25) is 0 Å². The zero-order valence-corrected chi connectivity index (χ0v) is 12.1. The number of hydrogen-bond donors (Lipinski definition) is 2. The lowest BCUT2D eigenvalue weighted by Gasteiger charge is -2.10. The van der Waals surface area contributed by atoms with Crippen LogP contribution in [0.1, 0.15) is 18.9 Å². The highest BCUT2D eigenvalue weighted by Crippen LogP contribution is 2.12. The molecule has 1 aromatic carbocycles. The Morgan fingerprint density at radius 3 is 2.58 bits per heavy atom. The maximum absolute atomic E-state index is 11.6. The highest BCUT2D eigenvalue weighted by Gasteiger charge is 2.07. The Morgan fingerprint density at radius 2 is 2.05 bits per heavy atom. The van der Waals surface area contributed by atoms with Gasteiger partial charge in [-0.05, 0) is 24.1 Å². The van der Waals surface area contributed by atoms with Crippen LogP contribution in [0.4, 0.5) is 0 Å². The van der Waals surface area contributed by atoms with Crippen molar-refractivity contribution in [3.05, 3.63) is 29.8 Å². The van der Waals surface area contributed by atoms with Crippen molar-refractivity contribution in [3.63, 3.8) is 0 Å². The molecule has 1 rings (SSSR count). The number of ether oxygens (including phenoxy) is 1. The SMILES string of the molecule is COc1ccc(CCC(=O)NCC(C)C(N)=S)cc1. The quantitative estimate of drug-likeness (QED) is 0.746. The minimum Gasteiger partial charge on any atom is -0.497 e. The summed E-state index contributed by atoms with van der Waals surface area (Å²) in [5.74, 6) is 0.859. The fraction of sp³-hybridized carbons (Fsp3) is 0.429. The third kappa shape index (κ3) is 5.70. The molecule has 0 fully saturated rings. The lowest BCUT2D eigenvalue weighted by molar-refractivity contribution is -0.121. The highest BCUT2D eigenvalue weighted by molar-refractivity contribution is 7.80. The van der Waals surface area contributed by atoms with Crippen LogP contribution in [0.3, 0.4) is 0 Å².